The summed E-state index contributed by atoms with van der Waals surface area (Å²) < 4.78 is 10.3. The molecule has 1 fully saturated rings. The van der Waals surface area contributed by atoms with Crippen molar-refractivity contribution < 1.29 is 18.5 Å². The van der Waals surface area contributed by atoms with Crippen molar-refractivity contribution in [3.05, 3.63) is 63.6 Å². The Labute approximate surface area is 141 Å². The van der Waals surface area contributed by atoms with Gasteiger partial charge in [0, 0.05) is 16.9 Å². The molecule has 0 atom stereocenters. The number of hydrogen-bond donors (Lipinski definition) is 1. The van der Waals surface area contributed by atoms with Gasteiger partial charge in [-0.25, -0.2) is 0 Å². The lowest BCUT2D eigenvalue weighted by atomic mass is 10.2. The van der Waals surface area contributed by atoms with Gasteiger partial charge in [0.15, 0.2) is 11.5 Å². The van der Waals surface area contributed by atoms with Crippen molar-refractivity contribution in [2.45, 2.75) is 25.3 Å². The molecule has 122 valence electrons. The molecule has 7 heteroatoms. The molecule has 1 amide bonds. The third-order valence-electron chi connectivity index (χ3n) is 3.79. The van der Waals surface area contributed by atoms with E-state index in [2.05, 4.69) is 10.5 Å². The van der Waals surface area contributed by atoms with Crippen molar-refractivity contribution in [3.8, 4) is 0 Å². The SMILES string of the molecule is O=C(NCc1ccc(C(=O)c2ccco2)s1)c1cc(C2CC2)on1. The molecular weight excluding hydrogens is 328 g/mol. The molecule has 4 rings (SSSR count). The standard InChI is InChI=1S/C17H14N2O4S/c20-16(13-2-1-7-22-13)15-6-5-11(24-15)9-18-17(21)12-8-14(23-19-12)10-3-4-10/h1-2,5-8,10H,3-4,9H2,(H,18,21). The number of aromatic nitrogens is 1. The lowest BCUT2D eigenvalue weighted by Crippen LogP contribution is -2.22. The highest BCUT2D eigenvalue weighted by Crippen LogP contribution is 2.40. The zero-order valence-electron chi connectivity index (χ0n) is 12.7. The molecule has 3 aromatic heterocycles. The minimum Gasteiger partial charge on any atom is -0.461 e. The Morgan fingerprint density at radius 1 is 1.29 bits per heavy atom. The number of ketones is 1. The van der Waals surface area contributed by atoms with Crippen LogP contribution in [-0.4, -0.2) is 16.8 Å². The normalized spacial score (nSPS) is 13.8. The van der Waals surface area contributed by atoms with Gasteiger partial charge in [-0.15, -0.1) is 11.3 Å². The Balaban J connectivity index is 1.37. The van der Waals surface area contributed by atoms with Crippen LogP contribution >= 0.6 is 11.3 Å². The summed E-state index contributed by atoms with van der Waals surface area (Å²) in [5.41, 5.74) is 0.292. The van der Waals surface area contributed by atoms with Crippen molar-refractivity contribution >= 4 is 23.0 Å². The van der Waals surface area contributed by atoms with Crippen LogP contribution in [0.15, 0.2) is 45.5 Å². The molecule has 0 aromatic carbocycles. The van der Waals surface area contributed by atoms with E-state index in [0.29, 0.717) is 28.8 Å². The van der Waals surface area contributed by atoms with Crippen LogP contribution in [0.5, 0.6) is 0 Å². The average Bonchev–Trinajstić information content (AvgIpc) is 3.07. The number of rotatable bonds is 6. The lowest BCUT2D eigenvalue weighted by Gasteiger charge is -1.99. The van der Waals surface area contributed by atoms with Gasteiger partial charge in [-0.3, -0.25) is 9.59 Å². The van der Waals surface area contributed by atoms with Gasteiger partial charge < -0.3 is 14.3 Å². The molecule has 1 N–H and O–H groups in total. The Kier molecular flexibility index (Phi) is 3.78. The summed E-state index contributed by atoms with van der Waals surface area (Å²) in [5, 5.41) is 6.60. The largest absolute Gasteiger partial charge is 0.461 e. The number of carbonyl (C=O) groups excluding carboxylic acids is 2. The van der Waals surface area contributed by atoms with E-state index in [1.165, 1.54) is 17.6 Å². The molecule has 1 aliphatic rings. The van der Waals surface area contributed by atoms with Crippen LogP contribution in [0.4, 0.5) is 0 Å². The summed E-state index contributed by atoms with van der Waals surface area (Å²) in [5.74, 6) is 1.07. The van der Waals surface area contributed by atoms with E-state index in [-0.39, 0.29) is 11.7 Å². The average molecular weight is 342 g/mol. The predicted octanol–water partition coefficient (Wildman–Crippen LogP) is 3.37. The van der Waals surface area contributed by atoms with Crippen LogP contribution in [-0.2, 0) is 6.54 Å². The van der Waals surface area contributed by atoms with E-state index in [4.69, 9.17) is 8.94 Å². The topological polar surface area (TPSA) is 85.3 Å². The third-order valence-corrected chi connectivity index (χ3v) is 4.88. The Morgan fingerprint density at radius 3 is 2.92 bits per heavy atom. The lowest BCUT2D eigenvalue weighted by molar-refractivity contribution is 0.0941. The number of thiophene rings is 1. The van der Waals surface area contributed by atoms with Gasteiger partial charge in [-0.05, 0) is 37.1 Å². The fraction of sp³-hybridized carbons (Fsp3) is 0.235. The van der Waals surface area contributed by atoms with Gasteiger partial charge >= 0.3 is 0 Å². The summed E-state index contributed by atoms with van der Waals surface area (Å²) >= 11 is 1.33. The second-order valence-electron chi connectivity index (χ2n) is 5.64. The highest BCUT2D eigenvalue weighted by atomic mass is 32.1. The van der Waals surface area contributed by atoms with Gasteiger partial charge in [0.1, 0.15) is 5.76 Å². The van der Waals surface area contributed by atoms with Crippen molar-refractivity contribution in [2.75, 3.05) is 0 Å². The van der Waals surface area contributed by atoms with Crippen LogP contribution in [0, 0.1) is 0 Å². The number of carbonyl (C=O) groups is 2. The molecule has 6 nitrogen and oxygen atoms in total. The van der Waals surface area contributed by atoms with Gasteiger partial charge in [-0.1, -0.05) is 5.16 Å². The summed E-state index contributed by atoms with van der Waals surface area (Å²) in [6, 6.07) is 8.56. The Morgan fingerprint density at radius 2 is 2.17 bits per heavy atom. The molecule has 0 radical (unpaired) electrons. The number of nitrogens with zero attached hydrogens (tertiary/aromatic N) is 1. The summed E-state index contributed by atoms with van der Waals surface area (Å²) in [6.45, 7) is 0.334. The number of amides is 1. The number of furan rings is 1. The van der Waals surface area contributed by atoms with Gasteiger partial charge in [0.25, 0.3) is 5.91 Å². The highest BCUT2D eigenvalue weighted by molar-refractivity contribution is 7.14. The van der Waals surface area contributed by atoms with E-state index >= 15 is 0 Å². The number of hydrogen-bond acceptors (Lipinski definition) is 6. The van der Waals surface area contributed by atoms with Crippen LogP contribution in [0.2, 0.25) is 0 Å². The fourth-order valence-electron chi connectivity index (χ4n) is 2.34. The van der Waals surface area contributed by atoms with Crippen LogP contribution in [0.25, 0.3) is 0 Å². The molecule has 1 aliphatic carbocycles. The third kappa shape index (κ3) is 3.03. The van der Waals surface area contributed by atoms with E-state index in [1.807, 2.05) is 6.07 Å². The molecule has 0 aliphatic heterocycles. The Bertz CT molecular complexity index is 874. The predicted molar refractivity (Wildman–Crippen MR) is 86.1 cm³/mol. The molecular formula is C17H14N2O4S. The first-order valence-corrected chi connectivity index (χ1v) is 8.44. The van der Waals surface area contributed by atoms with Gasteiger partial charge in [0.05, 0.1) is 17.7 Å². The molecule has 1 saturated carbocycles. The minimum atomic E-state index is -0.280. The van der Waals surface area contributed by atoms with Crippen molar-refractivity contribution in [2.24, 2.45) is 0 Å². The zero-order valence-corrected chi connectivity index (χ0v) is 13.5. The first-order chi connectivity index (χ1) is 11.7. The molecule has 3 heterocycles. The second-order valence-corrected chi connectivity index (χ2v) is 6.81. The first kappa shape index (κ1) is 14.9. The molecule has 3 aromatic rings. The maximum Gasteiger partial charge on any atom is 0.273 e. The van der Waals surface area contributed by atoms with E-state index < -0.39 is 0 Å². The summed E-state index contributed by atoms with van der Waals surface area (Å²) in [6.07, 6.45) is 3.66. The first-order valence-electron chi connectivity index (χ1n) is 7.62. The van der Waals surface area contributed by atoms with E-state index in [9.17, 15) is 9.59 Å². The van der Waals surface area contributed by atoms with Crippen molar-refractivity contribution in [3.63, 3.8) is 0 Å². The molecule has 24 heavy (non-hydrogen) atoms. The maximum atomic E-state index is 12.2. The quantitative estimate of drug-likeness (QED) is 0.694. The monoisotopic (exact) mass is 342 g/mol. The highest BCUT2D eigenvalue weighted by Gasteiger charge is 2.28. The smallest absolute Gasteiger partial charge is 0.273 e. The van der Waals surface area contributed by atoms with Crippen LogP contribution < -0.4 is 5.32 Å². The van der Waals surface area contributed by atoms with Crippen molar-refractivity contribution in [1.82, 2.24) is 10.5 Å². The fourth-order valence-corrected chi connectivity index (χ4v) is 3.23. The molecule has 0 spiro atoms. The van der Waals surface area contributed by atoms with Gasteiger partial charge in [0.2, 0.25) is 5.78 Å². The summed E-state index contributed by atoms with van der Waals surface area (Å²) in [7, 11) is 0. The second kappa shape index (κ2) is 6.09. The molecule has 0 saturated heterocycles. The van der Waals surface area contributed by atoms with Crippen molar-refractivity contribution in [1.29, 1.82) is 0 Å². The number of nitrogens with one attached hydrogen (secondary N) is 1. The Hall–Kier alpha value is -2.67. The minimum absolute atomic E-state index is 0.159. The van der Waals surface area contributed by atoms with Gasteiger partial charge in [-0.2, -0.15) is 0 Å². The van der Waals surface area contributed by atoms with E-state index in [1.54, 1.807) is 24.3 Å². The van der Waals surface area contributed by atoms with E-state index in [0.717, 1.165) is 23.5 Å². The van der Waals surface area contributed by atoms with Crippen LogP contribution in [0.3, 0.4) is 0 Å². The van der Waals surface area contributed by atoms with Crippen LogP contribution in [0.1, 0.15) is 55.3 Å². The molecule has 0 unspecified atom stereocenters. The maximum absolute atomic E-state index is 12.2. The summed E-state index contributed by atoms with van der Waals surface area (Å²) in [4.78, 5) is 25.7. The zero-order chi connectivity index (χ0) is 16.5. The molecule has 0 bridgehead atoms.